The molecule has 2 N–H and O–H groups in total. The molecule has 3 rings (SSSR count). The first kappa shape index (κ1) is 22.6. The SMILES string of the molecule is CCCCOc1ccc(C(=O)NOCC(=O)NC2CCCc3ccccc32)cc1OC. The normalized spacial score (nSPS) is 15.0. The second-order valence-corrected chi connectivity index (χ2v) is 7.50. The second-order valence-electron chi connectivity index (χ2n) is 7.50. The van der Waals surface area contributed by atoms with E-state index >= 15 is 0 Å². The summed E-state index contributed by atoms with van der Waals surface area (Å²) in [5, 5.41) is 2.99. The van der Waals surface area contributed by atoms with Gasteiger partial charge in [0.1, 0.15) is 0 Å². The number of hydroxylamine groups is 1. The van der Waals surface area contributed by atoms with Gasteiger partial charge in [-0.2, -0.15) is 0 Å². The lowest BCUT2D eigenvalue weighted by atomic mass is 9.88. The Morgan fingerprint density at radius 2 is 1.97 bits per heavy atom. The molecule has 1 aliphatic carbocycles. The number of carbonyl (C=O) groups excluding carboxylic acids is 2. The van der Waals surface area contributed by atoms with Crippen LogP contribution in [-0.4, -0.2) is 32.1 Å². The van der Waals surface area contributed by atoms with E-state index in [9.17, 15) is 9.59 Å². The van der Waals surface area contributed by atoms with Gasteiger partial charge in [0.25, 0.3) is 5.91 Å². The molecule has 0 bridgehead atoms. The van der Waals surface area contributed by atoms with Crippen molar-refractivity contribution in [1.82, 2.24) is 10.8 Å². The van der Waals surface area contributed by atoms with Gasteiger partial charge in [0.2, 0.25) is 5.91 Å². The van der Waals surface area contributed by atoms with Crippen molar-refractivity contribution in [3.05, 3.63) is 59.2 Å². The van der Waals surface area contributed by atoms with Gasteiger partial charge in [0.15, 0.2) is 18.1 Å². The van der Waals surface area contributed by atoms with Gasteiger partial charge in [0, 0.05) is 5.56 Å². The van der Waals surface area contributed by atoms with Crippen LogP contribution in [0.4, 0.5) is 0 Å². The van der Waals surface area contributed by atoms with Crippen molar-refractivity contribution in [3.63, 3.8) is 0 Å². The van der Waals surface area contributed by atoms with E-state index < -0.39 is 5.91 Å². The third kappa shape index (κ3) is 6.21. The number of hydrogen-bond donors (Lipinski definition) is 2. The molecule has 0 aliphatic heterocycles. The number of carbonyl (C=O) groups is 2. The molecule has 7 heteroatoms. The first-order valence-corrected chi connectivity index (χ1v) is 10.7. The zero-order valence-corrected chi connectivity index (χ0v) is 18.1. The Hall–Kier alpha value is -3.06. The van der Waals surface area contributed by atoms with Crippen molar-refractivity contribution in [2.45, 2.75) is 45.1 Å². The van der Waals surface area contributed by atoms with Gasteiger partial charge in [-0.15, -0.1) is 0 Å². The fourth-order valence-electron chi connectivity index (χ4n) is 3.62. The summed E-state index contributed by atoms with van der Waals surface area (Å²) in [5.41, 5.74) is 5.08. The summed E-state index contributed by atoms with van der Waals surface area (Å²) in [6, 6.07) is 13.0. The van der Waals surface area contributed by atoms with Crippen LogP contribution < -0.4 is 20.3 Å². The summed E-state index contributed by atoms with van der Waals surface area (Å²) in [6.45, 7) is 2.41. The van der Waals surface area contributed by atoms with Gasteiger partial charge in [0.05, 0.1) is 19.8 Å². The largest absolute Gasteiger partial charge is 0.493 e. The molecule has 1 unspecified atom stereocenters. The molecular formula is C24H30N2O5. The summed E-state index contributed by atoms with van der Waals surface area (Å²) < 4.78 is 11.0. The quantitative estimate of drug-likeness (QED) is 0.447. The molecule has 1 aliphatic rings. The van der Waals surface area contributed by atoms with Crippen LogP contribution in [0.1, 0.15) is 60.1 Å². The van der Waals surface area contributed by atoms with E-state index in [1.807, 2.05) is 18.2 Å². The molecule has 2 aromatic carbocycles. The minimum atomic E-state index is -0.464. The number of ether oxygens (including phenoxy) is 2. The van der Waals surface area contributed by atoms with Crippen molar-refractivity contribution >= 4 is 11.8 Å². The van der Waals surface area contributed by atoms with Crippen molar-refractivity contribution in [3.8, 4) is 11.5 Å². The van der Waals surface area contributed by atoms with Gasteiger partial charge in [-0.25, -0.2) is 5.48 Å². The fourth-order valence-corrected chi connectivity index (χ4v) is 3.62. The summed E-state index contributed by atoms with van der Waals surface area (Å²) >= 11 is 0. The fraction of sp³-hybridized carbons (Fsp3) is 0.417. The lowest BCUT2D eigenvalue weighted by Crippen LogP contribution is -2.36. The maximum atomic E-state index is 12.4. The highest BCUT2D eigenvalue weighted by Crippen LogP contribution is 2.29. The zero-order valence-electron chi connectivity index (χ0n) is 18.1. The highest BCUT2D eigenvalue weighted by molar-refractivity contribution is 5.94. The first-order chi connectivity index (χ1) is 15.1. The Kier molecular flexibility index (Phi) is 8.29. The number of aryl methyl sites for hydroxylation is 1. The molecule has 0 spiro atoms. The van der Waals surface area contributed by atoms with Crippen LogP contribution in [0.15, 0.2) is 42.5 Å². The molecular weight excluding hydrogens is 396 g/mol. The minimum Gasteiger partial charge on any atom is -0.493 e. The Labute approximate surface area is 183 Å². The predicted molar refractivity (Wildman–Crippen MR) is 117 cm³/mol. The molecule has 0 fully saturated rings. The van der Waals surface area contributed by atoms with Crippen molar-refractivity contribution in [2.75, 3.05) is 20.3 Å². The zero-order chi connectivity index (χ0) is 22.1. The Morgan fingerprint density at radius 3 is 2.77 bits per heavy atom. The molecule has 7 nitrogen and oxygen atoms in total. The van der Waals surface area contributed by atoms with E-state index in [0.717, 1.165) is 37.7 Å². The number of hydrogen-bond acceptors (Lipinski definition) is 5. The maximum Gasteiger partial charge on any atom is 0.274 e. The van der Waals surface area contributed by atoms with Crippen molar-refractivity contribution < 1.29 is 23.9 Å². The van der Waals surface area contributed by atoms with Crippen LogP contribution in [0.2, 0.25) is 0 Å². The second kappa shape index (κ2) is 11.4. The number of nitrogens with one attached hydrogen (secondary N) is 2. The van der Waals surface area contributed by atoms with Crippen LogP contribution in [0, 0.1) is 0 Å². The van der Waals surface area contributed by atoms with E-state index in [2.05, 4.69) is 23.8 Å². The van der Waals surface area contributed by atoms with Crippen LogP contribution >= 0.6 is 0 Å². The highest BCUT2D eigenvalue weighted by atomic mass is 16.7. The van der Waals surface area contributed by atoms with Crippen LogP contribution in [0.25, 0.3) is 0 Å². The van der Waals surface area contributed by atoms with E-state index in [0.29, 0.717) is 23.7 Å². The van der Waals surface area contributed by atoms with Crippen molar-refractivity contribution in [1.29, 1.82) is 0 Å². The molecule has 1 atom stereocenters. The third-order valence-corrected chi connectivity index (χ3v) is 5.25. The first-order valence-electron chi connectivity index (χ1n) is 10.7. The van der Waals surface area contributed by atoms with E-state index in [1.54, 1.807) is 18.2 Å². The molecule has 0 saturated heterocycles. The number of methoxy groups -OCH3 is 1. The highest BCUT2D eigenvalue weighted by Gasteiger charge is 2.21. The topological polar surface area (TPSA) is 85.9 Å². The minimum absolute atomic E-state index is 0.0266. The molecule has 0 heterocycles. The Bertz CT molecular complexity index is 899. The molecule has 0 radical (unpaired) electrons. The molecule has 2 aromatic rings. The lowest BCUT2D eigenvalue weighted by molar-refractivity contribution is -0.128. The summed E-state index contributed by atoms with van der Waals surface area (Å²) in [5.74, 6) is 0.312. The average Bonchev–Trinajstić information content (AvgIpc) is 2.79. The number of rotatable bonds is 10. The standard InChI is InChI=1S/C24H30N2O5/c1-3-4-14-30-21-13-12-18(15-22(21)29-2)24(28)26-31-16-23(27)25-20-11-7-9-17-8-5-6-10-19(17)20/h5-6,8,10,12-13,15,20H,3-4,7,9,11,14,16H2,1-2H3,(H,25,27)(H,26,28). The van der Waals surface area contributed by atoms with Crippen LogP contribution in [0.3, 0.4) is 0 Å². The summed E-state index contributed by atoms with van der Waals surface area (Å²) in [7, 11) is 1.52. The third-order valence-electron chi connectivity index (χ3n) is 5.25. The van der Waals surface area contributed by atoms with Crippen LogP contribution in [-0.2, 0) is 16.1 Å². The number of fused-ring (bicyclic) bond motifs is 1. The molecule has 31 heavy (non-hydrogen) atoms. The van der Waals surface area contributed by atoms with Gasteiger partial charge in [-0.1, -0.05) is 37.6 Å². The Morgan fingerprint density at radius 1 is 1.13 bits per heavy atom. The predicted octanol–water partition coefficient (Wildman–Crippen LogP) is 3.73. The number of benzene rings is 2. The lowest BCUT2D eigenvalue weighted by Gasteiger charge is -2.26. The van der Waals surface area contributed by atoms with Crippen LogP contribution in [0.5, 0.6) is 11.5 Å². The van der Waals surface area contributed by atoms with Gasteiger partial charge in [-0.3, -0.25) is 14.4 Å². The molecule has 166 valence electrons. The Balaban J connectivity index is 1.48. The number of unbranched alkanes of at least 4 members (excludes halogenated alkanes) is 1. The van der Waals surface area contributed by atoms with E-state index in [4.69, 9.17) is 14.3 Å². The summed E-state index contributed by atoms with van der Waals surface area (Å²) in [4.78, 5) is 29.8. The molecule has 0 aromatic heterocycles. The van der Waals surface area contributed by atoms with Crippen molar-refractivity contribution in [2.24, 2.45) is 0 Å². The maximum absolute atomic E-state index is 12.4. The number of amides is 2. The summed E-state index contributed by atoms with van der Waals surface area (Å²) in [6.07, 6.45) is 4.91. The van der Waals surface area contributed by atoms with Gasteiger partial charge < -0.3 is 14.8 Å². The van der Waals surface area contributed by atoms with E-state index in [1.165, 1.54) is 12.7 Å². The monoisotopic (exact) mass is 426 g/mol. The van der Waals surface area contributed by atoms with Gasteiger partial charge in [-0.05, 0) is 55.0 Å². The molecule has 0 saturated carbocycles. The average molecular weight is 427 g/mol. The molecule has 2 amide bonds. The van der Waals surface area contributed by atoms with Gasteiger partial charge >= 0.3 is 0 Å². The smallest absolute Gasteiger partial charge is 0.274 e. The van der Waals surface area contributed by atoms with E-state index in [-0.39, 0.29) is 18.6 Å².